The lowest BCUT2D eigenvalue weighted by Crippen LogP contribution is -2.15. The molecule has 152 valence electrons. The molecule has 2 N–H and O–H groups in total. The highest BCUT2D eigenvalue weighted by molar-refractivity contribution is 7.17. The maximum absolute atomic E-state index is 13.1. The summed E-state index contributed by atoms with van der Waals surface area (Å²) in [6.07, 6.45) is 0. The Bertz CT molecular complexity index is 1670. The van der Waals surface area contributed by atoms with Crippen molar-refractivity contribution in [2.75, 3.05) is 5.73 Å². The Morgan fingerprint density at radius 3 is 2.31 bits per heavy atom. The number of anilines is 1. The number of nitrogens with zero attached hydrogens (tertiary/aromatic N) is 4. The minimum absolute atomic E-state index is 0.103. The number of nitriles is 2. The lowest BCUT2D eigenvalue weighted by molar-refractivity contribution is 1.14. The van der Waals surface area contributed by atoms with Crippen LogP contribution in [0.1, 0.15) is 11.1 Å². The summed E-state index contributed by atoms with van der Waals surface area (Å²) in [4.78, 5) is 17.9. The summed E-state index contributed by atoms with van der Waals surface area (Å²) < 4.78 is 1.53. The van der Waals surface area contributed by atoms with Gasteiger partial charge in [0.1, 0.15) is 33.9 Å². The van der Waals surface area contributed by atoms with Gasteiger partial charge in [-0.25, -0.2) is 0 Å². The predicted molar refractivity (Wildman–Crippen MR) is 127 cm³/mol. The average Bonchev–Trinajstić information content (AvgIpc) is 3.26. The van der Waals surface area contributed by atoms with Crippen LogP contribution in [0.2, 0.25) is 5.02 Å². The van der Waals surface area contributed by atoms with E-state index in [0.717, 1.165) is 11.1 Å². The smallest absolute Gasteiger partial charge is 0.282 e. The number of rotatable bonds is 2. The van der Waals surface area contributed by atoms with E-state index in [1.165, 1.54) is 15.7 Å². The van der Waals surface area contributed by atoms with Crippen LogP contribution in [0.4, 0.5) is 5.82 Å². The summed E-state index contributed by atoms with van der Waals surface area (Å²) in [5, 5.41) is 22.7. The van der Waals surface area contributed by atoms with Crippen molar-refractivity contribution in [2.24, 2.45) is 0 Å². The molecule has 0 radical (unpaired) electrons. The minimum atomic E-state index is -0.456. The van der Waals surface area contributed by atoms with E-state index in [-0.39, 0.29) is 22.6 Å². The van der Waals surface area contributed by atoms with E-state index in [4.69, 9.17) is 17.3 Å². The second kappa shape index (κ2) is 7.51. The molecule has 0 saturated carbocycles. The monoisotopic (exact) mass is 453 g/mol. The lowest BCUT2D eigenvalue weighted by atomic mass is 9.96. The second-order valence-electron chi connectivity index (χ2n) is 7.01. The molecule has 5 rings (SSSR count). The third kappa shape index (κ3) is 2.84. The van der Waals surface area contributed by atoms with E-state index >= 15 is 0 Å². The molecule has 32 heavy (non-hydrogen) atoms. The molecule has 0 aliphatic carbocycles. The maximum atomic E-state index is 13.1. The van der Waals surface area contributed by atoms with Gasteiger partial charge in [0, 0.05) is 21.5 Å². The molecule has 5 aromatic rings. The van der Waals surface area contributed by atoms with Crippen molar-refractivity contribution in [3.8, 4) is 34.4 Å². The van der Waals surface area contributed by atoms with Crippen LogP contribution in [0, 0.1) is 22.7 Å². The topological polar surface area (TPSA) is 108 Å². The molecule has 0 saturated heterocycles. The maximum Gasteiger partial charge on any atom is 0.282 e. The van der Waals surface area contributed by atoms with Crippen LogP contribution in [-0.4, -0.2) is 9.38 Å². The molecule has 0 amide bonds. The lowest BCUT2D eigenvalue weighted by Gasteiger charge is -2.15. The van der Waals surface area contributed by atoms with Crippen molar-refractivity contribution < 1.29 is 0 Å². The fourth-order valence-electron chi connectivity index (χ4n) is 3.84. The molecule has 0 aliphatic heterocycles. The minimum Gasteiger partial charge on any atom is -0.384 e. The van der Waals surface area contributed by atoms with Crippen LogP contribution in [0.25, 0.3) is 38.1 Å². The largest absolute Gasteiger partial charge is 0.384 e. The summed E-state index contributed by atoms with van der Waals surface area (Å²) in [5.41, 5.74) is 8.87. The summed E-state index contributed by atoms with van der Waals surface area (Å²) in [6.45, 7) is 0. The van der Waals surface area contributed by atoms with Gasteiger partial charge in [0.25, 0.3) is 5.56 Å². The normalized spacial score (nSPS) is 10.8. The van der Waals surface area contributed by atoms with Crippen molar-refractivity contribution in [1.82, 2.24) is 9.38 Å². The molecule has 0 unspecified atom stereocenters. The second-order valence-corrected chi connectivity index (χ2v) is 8.31. The molecular weight excluding hydrogens is 442 g/mol. The Labute approximate surface area is 191 Å². The fraction of sp³-hybridized carbons (Fsp3) is 0. The predicted octanol–water partition coefficient (Wildman–Crippen LogP) is 5.22. The Morgan fingerprint density at radius 1 is 0.969 bits per heavy atom. The van der Waals surface area contributed by atoms with Crippen molar-refractivity contribution in [1.29, 1.82) is 10.5 Å². The zero-order valence-corrected chi connectivity index (χ0v) is 17.9. The van der Waals surface area contributed by atoms with Gasteiger partial charge in [0.05, 0.1) is 5.39 Å². The van der Waals surface area contributed by atoms with Crippen LogP contribution in [0.15, 0.2) is 64.8 Å². The molecule has 0 atom stereocenters. The molecule has 2 aromatic carbocycles. The van der Waals surface area contributed by atoms with Gasteiger partial charge in [-0.3, -0.25) is 9.20 Å². The first-order valence-corrected chi connectivity index (χ1v) is 10.7. The average molecular weight is 454 g/mol. The first kappa shape index (κ1) is 19.8. The van der Waals surface area contributed by atoms with Gasteiger partial charge in [0.15, 0.2) is 5.65 Å². The first-order valence-electron chi connectivity index (χ1n) is 9.46. The van der Waals surface area contributed by atoms with Gasteiger partial charge in [-0.15, -0.1) is 11.3 Å². The molecule has 3 aromatic heterocycles. The van der Waals surface area contributed by atoms with Crippen LogP contribution in [0.3, 0.4) is 0 Å². The van der Waals surface area contributed by atoms with Crippen molar-refractivity contribution in [3.63, 3.8) is 0 Å². The number of aromatic nitrogens is 2. The van der Waals surface area contributed by atoms with Gasteiger partial charge in [-0.1, -0.05) is 54.1 Å². The highest BCUT2D eigenvalue weighted by atomic mass is 35.5. The van der Waals surface area contributed by atoms with Crippen LogP contribution >= 0.6 is 22.9 Å². The zero-order valence-electron chi connectivity index (χ0n) is 16.3. The molecule has 3 heterocycles. The third-order valence-corrected chi connectivity index (χ3v) is 6.49. The standard InChI is InChI=1S/C24H12ClN5OS/c25-15-8-6-14(7-9-15)19-16(10-26)21(28)30-22(17(19)11-27)29-23(31)20-18(12-32-24(20)30)13-4-2-1-3-5-13/h1-9,12H,28H2. The van der Waals surface area contributed by atoms with Crippen molar-refractivity contribution in [3.05, 3.63) is 86.5 Å². The zero-order chi connectivity index (χ0) is 22.4. The Hall–Kier alpha value is -4.17. The van der Waals surface area contributed by atoms with E-state index in [1.54, 1.807) is 24.3 Å². The quantitative estimate of drug-likeness (QED) is 0.394. The molecule has 6 nitrogen and oxygen atoms in total. The number of benzene rings is 2. The SMILES string of the molecule is N#Cc1c(-c2ccc(Cl)cc2)c(C#N)c2nc(=O)c3c(-c4ccccc4)csc3n2c1N. The molecule has 0 aliphatic rings. The van der Waals surface area contributed by atoms with Crippen LogP contribution < -0.4 is 11.3 Å². The van der Waals surface area contributed by atoms with E-state index in [0.29, 0.717) is 26.4 Å². The van der Waals surface area contributed by atoms with E-state index in [2.05, 4.69) is 17.1 Å². The Kier molecular flexibility index (Phi) is 4.64. The number of thiophene rings is 1. The van der Waals surface area contributed by atoms with E-state index in [9.17, 15) is 15.3 Å². The highest BCUT2D eigenvalue weighted by Crippen LogP contribution is 2.38. The number of hydrogen-bond donors (Lipinski definition) is 1. The molecule has 8 heteroatoms. The van der Waals surface area contributed by atoms with E-state index < -0.39 is 5.56 Å². The van der Waals surface area contributed by atoms with Crippen molar-refractivity contribution in [2.45, 2.75) is 0 Å². The number of hydrogen-bond acceptors (Lipinski definition) is 6. The first-order chi connectivity index (χ1) is 15.5. The summed E-state index contributed by atoms with van der Waals surface area (Å²) in [6, 6.07) is 20.5. The van der Waals surface area contributed by atoms with Gasteiger partial charge in [-0.05, 0) is 23.3 Å². The van der Waals surface area contributed by atoms with Crippen molar-refractivity contribution >= 4 is 44.6 Å². The molecule has 0 fully saturated rings. The van der Waals surface area contributed by atoms with Gasteiger partial charge in [-0.2, -0.15) is 15.5 Å². The van der Waals surface area contributed by atoms with Crippen LogP contribution in [0.5, 0.6) is 0 Å². The molecule has 0 spiro atoms. The summed E-state index contributed by atoms with van der Waals surface area (Å²) in [7, 11) is 0. The Morgan fingerprint density at radius 2 is 1.66 bits per heavy atom. The summed E-state index contributed by atoms with van der Waals surface area (Å²) >= 11 is 7.32. The number of pyridine rings is 1. The van der Waals surface area contributed by atoms with Gasteiger partial charge in [0.2, 0.25) is 0 Å². The third-order valence-electron chi connectivity index (χ3n) is 5.27. The number of fused-ring (bicyclic) bond motifs is 3. The van der Waals surface area contributed by atoms with Crippen LogP contribution in [-0.2, 0) is 0 Å². The number of nitrogens with two attached hydrogens (primary N) is 1. The fourth-order valence-corrected chi connectivity index (χ4v) is 5.05. The highest BCUT2D eigenvalue weighted by Gasteiger charge is 2.24. The summed E-state index contributed by atoms with van der Waals surface area (Å²) in [5.74, 6) is 0.116. The Balaban J connectivity index is 1.96. The molecular formula is C24H12ClN5OS. The number of nitrogen functional groups attached to an aromatic ring is 1. The van der Waals surface area contributed by atoms with E-state index in [1.807, 2.05) is 35.7 Å². The van der Waals surface area contributed by atoms with Gasteiger partial charge >= 0.3 is 0 Å². The van der Waals surface area contributed by atoms with Gasteiger partial charge < -0.3 is 5.73 Å². The number of halogens is 1. The molecule has 0 bridgehead atoms.